The van der Waals surface area contributed by atoms with E-state index in [9.17, 15) is 18.3 Å². The van der Waals surface area contributed by atoms with Crippen LogP contribution in [-0.4, -0.2) is 38.1 Å². The van der Waals surface area contributed by atoms with Gasteiger partial charge in [0, 0.05) is 24.7 Å². The minimum absolute atomic E-state index is 0.0297. The van der Waals surface area contributed by atoms with Crippen LogP contribution in [0.4, 0.5) is 5.69 Å². The van der Waals surface area contributed by atoms with Gasteiger partial charge in [0.25, 0.3) is 5.91 Å². The molecule has 1 aliphatic heterocycles. The van der Waals surface area contributed by atoms with Gasteiger partial charge in [-0.3, -0.25) is 4.79 Å². The van der Waals surface area contributed by atoms with Crippen LogP contribution in [0.2, 0.25) is 0 Å². The topological polar surface area (TPSA) is 86.7 Å². The summed E-state index contributed by atoms with van der Waals surface area (Å²) in [6.07, 6.45) is 17.5. The molecule has 186 valence electrons. The monoisotopic (exact) mass is 478 g/mol. The maximum Gasteiger partial charge on any atom is 0.255 e. The Hall–Kier alpha value is -1.44. The SMILES string of the molecule is O=C1C(O)CCN1c1ccc(S(=O)(=O)NC2CCCCCCCCCCCCCCC2)cc1. The van der Waals surface area contributed by atoms with Gasteiger partial charge in [0.05, 0.1) is 4.90 Å². The molecular formula is C26H42N2O4S. The Bertz CT molecular complexity index is 809. The van der Waals surface area contributed by atoms with Crippen molar-refractivity contribution in [2.45, 2.75) is 120 Å². The van der Waals surface area contributed by atoms with Crippen molar-refractivity contribution < 1.29 is 18.3 Å². The number of aliphatic hydroxyl groups excluding tert-OH is 1. The van der Waals surface area contributed by atoms with E-state index < -0.39 is 16.1 Å². The summed E-state index contributed by atoms with van der Waals surface area (Å²) in [6, 6.07) is 6.40. The van der Waals surface area contributed by atoms with E-state index in [4.69, 9.17) is 0 Å². The molecule has 2 aliphatic rings. The van der Waals surface area contributed by atoms with E-state index in [0.29, 0.717) is 18.7 Å². The summed E-state index contributed by atoms with van der Waals surface area (Å²) in [5.41, 5.74) is 0.625. The van der Waals surface area contributed by atoms with E-state index in [1.54, 1.807) is 24.3 Å². The van der Waals surface area contributed by atoms with Gasteiger partial charge in [-0.2, -0.15) is 0 Å². The Morgan fingerprint density at radius 2 is 1.18 bits per heavy atom. The fourth-order valence-electron chi connectivity index (χ4n) is 5.00. The summed E-state index contributed by atoms with van der Waals surface area (Å²) >= 11 is 0. The number of aliphatic hydroxyl groups is 1. The molecule has 2 fully saturated rings. The van der Waals surface area contributed by atoms with Gasteiger partial charge in [-0.05, 0) is 37.1 Å². The van der Waals surface area contributed by atoms with Gasteiger partial charge in [-0.25, -0.2) is 13.1 Å². The molecule has 1 heterocycles. The van der Waals surface area contributed by atoms with Crippen molar-refractivity contribution in [1.82, 2.24) is 4.72 Å². The summed E-state index contributed by atoms with van der Waals surface area (Å²) in [7, 11) is -3.62. The van der Waals surface area contributed by atoms with E-state index in [0.717, 1.165) is 25.7 Å². The lowest BCUT2D eigenvalue weighted by molar-refractivity contribution is -0.123. The first kappa shape index (κ1) is 26.2. The summed E-state index contributed by atoms with van der Waals surface area (Å²) in [5, 5.41) is 9.67. The fourth-order valence-corrected chi connectivity index (χ4v) is 6.31. The maximum atomic E-state index is 13.1. The second-order valence-electron chi connectivity index (χ2n) is 9.78. The average molecular weight is 479 g/mol. The van der Waals surface area contributed by atoms with Crippen LogP contribution in [-0.2, 0) is 14.8 Å². The molecule has 0 radical (unpaired) electrons. The standard InChI is InChI=1S/C26H42N2O4S/c29-25-20-21-28(26(25)30)23-16-18-24(19-17-23)33(31,32)27-22-14-12-10-8-6-4-2-1-3-5-7-9-11-13-15-22/h16-19,22,25,27,29H,1-15,20-21H2. The number of sulfonamides is 1. The zero-order valence-corrected chi connectivity index (χ0v) is 20.8. The average Bonchev–Trinajstić information content (AvgIpc) is 3.13. The molecule has 7 heteroatoms. The third kappa shape index (κ3) is 8.37. The highest BCUT2D eigenvalue weighted by atomic mass is 32.2. The van der Waals surface area contributed by atoms with E-state index in [1.165, 1.54) is 75.5 Å². The van der Waals surface area contributed by atoms with E-state index in [-0.39, 0.29) is 16.8 Å². The molecule has 0 aromatic heterocycles. The number of carbonyl (C=O) groups excluding carboxylic acids is 1. The first-order valence-electron chi connectivity index (χ1n) is 13.1. The Kier molecular flexibility index (Phi) is 10.7. The lowest BCUT2D eigenvalue weighted by atomic mass is 9.99. The highest BCUT2D eigenvalue weighted by Crippen LogP contribution is 2.24. The molecule has 33 heavy (non-hydrogen) atoms. The predicted octanol–water partition coefficient (Wildman–Crippen LogP) is 5.30. The maximum absolute atomic E-state index is 13.1. The van der Waals surface area contributed by atoms with Gasteiger partial charge >= 0.3 is 0 Å². The number of amides is 1. The van der Waals surface area contributed by atoms with Crippen LogP contribution >= 0.6 is 0 Å². The Labute approximate surface area is 200 Å². The highest BCUT2D eigenvalue weighted by Gasteiger charge is 2.31. The fraction of sp³-hybridized carbons (Fsp3) is 0.731. The number of nitrogens with zero attached hydrogens (tertiary/aromatic N) is 1. The first-order chi connectivity index (χ1) is 16.0. The predicted molar refractivity (Wildman–Crippen MR) is 133 cm³/mol. The number of rotatable bonds is 4. The van der Waals surface area contributed by atoms with Crippen LogP contribution in [0.5, 0.6) is 0 Å². The molecule has 0 spiro atoms. The van der Waals surface area contributed by atoms with Crippen molar-refractivity contribution in [3.63, 3.8) is 0 Å². The minimum Gasteiger partial charge on any atom is -0.383 e. The number of benzene rings is 1. The first-order valence-corrected chi connectivity index (χ1v) is 14.6. The van der Waals surface area contributed by atoms with Crippen molar-refractivity contribution in [3.05, 3.63) is 24.3 Å². The van der Waals surface area contributed by atoms with Gasteiger partial charge < -0.3 is 10.0 Å². The molecule has 1 atom stereocenters. The van der Waals surface area contributed by atoms with Crippen LogP contribution in [0, 0.1) is 0 Å². The summed E-state index contributed by atoms with van der Waals surface area (Å²) in [5.74, 6) is -0.324. The van der Waals surface area contributed by atoms with Gasteiger partial charge in [0.1, 0.15) is 6.10 Å². The van der Waals surface area contributed by atoms with Gasteiger partial charge in [0.2, 0.25) is 10.0 Å². The molecule has 1 amide bonds. The van der Waals surface area contributed by atoms with E-state index >= 15 is 0 Å². The number of hydrogen-bond donors (Lipinski definition) is 2. The molecule has 6 nitrogen and oxygen atoms in total. The molecule has 1 aromatic rings. The normalized spacial score (nSPS) is 23.6. The zero-order valence-electron chi connectivity index (χ0n) is 20.0. The summed E-state index contributed by atoms with van der Waals surface area (Å²) in [4.78, 5) is 13.8. The van der Waals surface area contributed by atoms with Crippen LogP contribution in [0.3, 0.4) is 0 Å². The van der Waals surface area contributed by atoms with Crippen LogP contribution < -0.4 is 9.62 Å². The summed E-state index contributed by atoms with van der Waals surface area (Å²) in [6.45, 7) is 0.451. The molecule has 1 aromatic carbocycles. The Morgan fingerprint density at radius 3 is 1.61 bits per heavy atom. The van der Waals surface area contributed by atoms with Gasteiger partial charge in [-0.15, -0.1) is 0 Å². The van der Waals surface area contributed by atoms with Crippen molar-refractivity contribution >= 4 is 21.6 Å². The van der Waals surface area contributed by atoms with Crippen molar-refractivity contribution in [2.24, 2.45) is 0 Å². The second kappa shape index (κ2) is 13.4. The van der Waals surface area contributed by atoms with Crippen molar-refractivity contribution in [1.29, 1.82) is 0 Å². The molecule has 1 aliphatic carbocycles. The van der Waals surface area contributed by atoms with Crippen molar-refractivity contribution in [3.8, 4) is 0 Å². The smallest absolute Gasteiger partial charge is 0.255 e. The molecule has 2 N–H and O–H groups in total. The van der Waals surface area contributed by atoms with Gasteiger partial charge in [0.15, 0.2) is 0 Å². The van der Waals surface area contributed by atoms with Crippen molar-refractivity contribution in [2.75, 3.05) is 11.4 Å². The Morgan fingerprint density at radius 1 is 0.727 bits per heavy atom. The number of anilines is 1. The molecular weight excluding hydrogens is 436 g/mol. The molecule has 1 saturated carbocycles. The second-order valence-corrected chi connectivity index (χ2v) is 11.5. The minimum atomic E-state index is -3.62. The van der Waals surface area contributed by atoms with Crippen LogP contribution in [0.1, 0.15) is 103 Å². The number of nitrogens with one attached hydrogen (secondary N) is 1. The number of hydrogen-bond acceptors (Lipinski definition) is 4. The third-order valence-electron chi connectivity index (χ3n) is 7.06. The summed E-state index contributed by atoms with van der Waals surface area (Å²) < 4.78 is 29.1. The van der Waals surface area contributed by atoms with Crippen LogP contribution in [0.15, 0.2) is 29.2 Å². The molecule has 1 unspecified atom stereocenters. The van der Waals surface area contributed by atoms with E-state index in [1.807, 2.05) is 0 Å². The molecule has 3 rings (SSSR count). The molecule has 0 bridgehead atoms. The number of carbonyl (C=O) groups is 1. The zero-order chi connectivity index (χ0) is 23.5. The third-order valence-corrected chi connectivity index (χ3v) is 8.60. The molecule has 1 saturated heterocycles. The highest BCUT2D eigenvalue weighted by molar-refractivity contribution is 7.89. The lowest BCUT2D eigenvalue weighted by Gasteiger charge is -2.20. The lowest BCUT2D eigenvalue weighted by Crippen LogP contribution is -2.35. The quantitative estimate of drug-likeness (QED) is 0.615. The largest absolute Gasteiger partial charge is 0.383 e. The Balaban J connectivity index is 1.58. The van der Waals surface area contributed by atoms with Gasteiger partial charge in [-0.1, -0.05) is 83.5 Å². The van der Waals surface area contributed by atoms with Crippen LogP contribution in [0.25, 0.3) is 0 Å². The van der Waals surface area contributed by atoms with E-state index in [2.05, 4.69) is 4.72 Å².